The van der Waals surface area contributed by atoms with Gasteiger partial charge in [-0.3, -0.25) is 5.10 Å². The fourth-order valence-corrected chi connectivity index (χ4v) is 3.59. The molecule has 0 spiro atoms. The van der Waals surface area contributed by atoms with Gasteiger partial charge in [0.15, 0.2) is 4.77 Å². The van der Waals surface area contributed by atoms with Gasteiger partial charge in [0, 0.05) is 12.3 Å². The lowest BCUT2D eigenvalue weighted by Crippen LogP contribution is -2.06. The molecule has 0 bridgehead atoms. The van der Waals surface area contributed by atoms with Crippen molar-refractivity contribution in [3.05, 3.63) is 82.4 Å². The van der Waals surface area contributed by atoms with Crippen molar-refractivity contribution in [2.75, 3.05) is 0 Å². The fraction of sp³-hybridized carbons (Fsp3) is 0.222. The van der Waals surface area contributed by atoms with Crippen LogP contribution in [0.2, 0.25) is 0 Å². The minimum absolute atomic E-state index is 0.705. The Balaban J connectivity index is 1.59. The monoisotopic (exact) mass is 341 g/mol. The van der Waals surface area contributed by atoms with Crippen LogP contribution < -0.4 is 0 Å². The molecule has 3 nitrogen and oxygen atoms in total. The number of aromatic nitrogens is 3. The summed E-state index contributed by atoms with van der Waals surface area (Å²) in [5.41, 5.74) is 2.65. The average molecular weight is 342 g/mol. The van der Waals surface area contributed by atoms with E-state index in [2.05, 4.69) is 63.3 Å². The molecule has 0 aliphatic heterocycles. The SMILES string of the molecule is S=c1[nH]nc(CSCc2ccccc2)n1CCc1ccccc1. The standard InChI is InChI=1S/C18H19N3S2/c22-18-20-19-17(14-23-13-16-9-5-2-6-10-16)21(18)12-11-15-7-3-1-4-8-15/h1-10H,11-14H2,(H,20,22). The second-order valence-electron chi connectivity index (χ2n) is 5.31. The molecule has 2 aromatic carbocycles. The number of H-pyrrole nitrogens is 1. The largest absolute Gasteiger partial charge is 0.303 e. The van der Waals surface area contributed by atoms with Crippen LogP contribution in [0, 0.1) is 4.77 Å². The molecule has 0 saturated heterocycles. The second kappa shape index (κ2) is 8.13. The average Bonchev–Trinajstić information content (AvgIpc) is 2.95. The molecule has 5 heteroatoms. The highest BCUT2D eigenvalue weighted by atomic mass is 32.2. The number of rotatable bonds is 7. The lowest BCUT2D eigenvalue weighted by molar-refractivity contribution is 0.661. The molecule has 1 aromatic heterocycles. The van der Waals surface area contributed by atoms with Gasteiger partial charge in [0.25, 0.3) is 0 Å². The number of hydrogen-bond acceptors (Lipinski definition) is 3. The van der Waals surface area contributed by atoms with Crippen molar-refractivity contribution in [2.45, 2.75) is 24.5 Å². The molecule has 0 aliphatic rings. The first-order valence-corrected chi connectivity index (χ1v) is 9.19. The summed E-state index contributed by atoms with van der Waals surface area (Å²) in [5.74, 6) is 2.86. The van der Waals surface area contributed by atoms with Crippen LogP contribution in [-0.2, 0) is 24.5 Å². The predicted octanol–water partition coefficient (Wildman–Crippen LogP) is 4.62. The van der Waals surface area contributed by atoms with E-state index in [9.17, 15) is 0 Å². The highest BCUT2D eigenvalue weighted by molar-refractivity contribution is 7.97. The number of nitrogens with zero attached hydrogens (tertiary/aromatic N) is 2. The van der Waals surface area contributed by atoms with Crippen LogP contribution in [0.15, 0.2) is 60.7 Å². The Hall–Kier alpha value is -1.85. The summed E-state index contributed by atoms with van der Waals surface area (Å²) in [6, 6.07) is 21.0. The van der Waals surface area contributed by atoms with E-state index in [4.69, 9.17) is 12.2 Å². The van der Waals surface area contributed by atoms with Gasteiger partial charge in [0.1, 0.15) is 5.82 Å². The van der Waals surface area contributed by atoms with Crippen LogP contribution in [0.1, 0.15) is 17.0 Å². The van der Waals surface area contributed by atoms with Gasteiger partial charge in [-0.1, -0.05) is 60.7 Å². The molecule has 0 amide bonds. The van der Waals surface area contributed by atoms with Gasteiger partial charge in [-0.15, -0.1) is 11.8 Å². The summed E-state index contributed by atoms with van der Waals surface area (Å²) in [6.07, 6.45) is 0.963. The lowest BCUT2D eigenvalue weighted by atomic mass is 10.1. The summed E-state index contributed by atoms with van der Waals surface area (Å²) < 4.78 is 2.82. The van der Waals surface area contributed by atoms with E-state index >= 15 is 0 Å². The van der Waals surface area contributed by atoms with E-state index in [1.807, 2.05) is 23.9 Å². The summed E-state index contributed by atoms with van der Waals surface area (Å²) in [5, 5.41) is 7.31. The van der Waals surface area contributed by atoms with E-state index in [1.165, 1.54) is 11.1 Å². The summed E-state index contributed by atoms with van der Waals surface area (Å²) in [6.45, 7) is 0.862. The van der Waals surface area contributed by atoms with Crippen LogP contribution in [0.4, 0.5) is 0 Å². The predicted molar refractivity (Wildman–Crippen MR) is 99.0 cm³/mol. The van der Waals surface area contributed by atoms with Crippen LogP contribution in [-0.4, -0.2) is 14.8 Å². The summed E-state index contributed by atoms with van der Waals surface area (Å²) in [4.78, 5) is 0. The van der Waals surface area contributed by atoms with Crippen LogP contribution >= 0.6 is 24.0 Å². The first-order chi connectivity index (χ1) is 11.3. The molecule has 0 atom stereocenters. The maximum atomic E-state index is 5.37. The molecular formula is C18H19N3S2. The molecule has 0 unspecified atom stereocenters. The quantitative estimate of drug-likeness (QED) is 0.637. The van der Waals surface area contributed by atoms with E-state index in [-0.39, 0.29) is 0 Å². The zero-order valence-corrected chi connectivity index (χ0v) is 14.4. The molecule has 0 fully saturated rings. The molecule has 3 rings (SSSR count). The van der Waals surface area contributed by atoms with Gasteiger partial charge < -0.3 is 4.57 Å². The number of aryl methyl sites for hydroxylation is 1. The Morgan fingerprint density at radius 1 is 0.913 bits per heavy atom. The van der Waals surface area contributed by atoms with Crippen molar-refractivity contribution in [1.29, 1.82) is 0 Å². The van der Waals surface area contributed by atoms with Crippen LogP contribution in [0.3, 0.4) is 0 Å². The van der Waals surface area contributed by atoms with Gasteiger partial charge in [-0.05, 0) is 29.8 Å². The first-order valence-electron chi connectivity index (χ1n) is 7.62. The number of hydrogen-bond donors (Lipinski definition) is 1. The van der Waals surface area contributed by atoms with E-state index < -0.39 is 0 Å². The number of aromatic amines is 1. The maximum Gasteiger partial charge on any atom is 0.195 e. The zero-order chi connectivity index (χ0) is 15.9. The Morgan fingerprint density at radius 2 is 1.57 bits per heavy atom. The van der Waals surface area contributed by atoms with E-state index in [0.717, 1.165) is 30.3 Å². The van der Waals surface area contributed by atoms with Crippen molar-refractivity contribution >= 4 is 24.0 Å². The first kappa shape index (κ1) is 16.0. The van der Waals surface area contributed by atoms with E-state index in [1.54, 1.807) is 0 Å². The van der Waals surface area contributed by atoms with Gasteiger partial charge >= 0.3 is 0 Å². The van der Waals surface area contributed by atoms with Crippen LogP contribution in [0.25, 0.3) is 0 Å². The van der Waals surface area contributed by atoms with Crippen LogP contribution in [0.5, 0.6) is 0 Å². The fourth-order valence-electron chi connectivity index (χ4n) is 2.41. The van der Waals surface area contributed by atoms with Crippen molar-refractivity contribution in [2.24, 2.45) is 0 Å². The highest BCUT2D eigenvalue weighted by Crippen LogP contribution is 2.17. The number of thioether (sulfide) groups is 1. The normalized spacial score (nSPS) is 10.8. The molecule has 0 saturated carbocycles. The minimum atomic E-state index is 0.705. The molecule has 118 valence electrons. The van der Waals surface area contributed by atoms with Gasteiger partial charge in [-0.25, -0.2) is 0 Å². The topological polar surface area (TPSA) is 33.6 Å². The Labute approximate surface area is 145 Å². The maximum absolute atomic E-state index is 5.37. The third-order valence-electron chi connectivity index (χ3n) is 3.65. The number of nitrogens with one attached hydrogen (secondary N) is 1. The van der Waals surface area contributed by atoms with Crippen molar-refractivity contribution in [3.63, 3.8) is 0 Å². The van der Waals surface area contributed by atoms with Gasteiger partial charge in [-0.2, -0.15) is 5.10 Å². The minimum Gasteiger partial charge on any atom is -0.303 e. The van der Waals surface area contributed by atoms with Crippen molar-refractivity contribution in [3.8, 4) is 0 Å². The highest BCUT2D eigenvalue weighted by Gasteiger charge is 2.06. The Bertz CT molecular complexity index is 779. The van der Waals surface area contributed by atoms with Gasteiger partial charge in [0.05, 0.1) is 5.75 Å². The molecule has 1 N–H and O–H groups in total. The van der Waals surface area contributed by atoms with Crippen molar-refractivity contribution in [1.82, 2.24) is 14.8 Å². The molecule has 0 aliphatic carbocycles. The van der Waals surface area contributed by atoms with E-state index in [0.29, 0.717) is 4.77 Å². The third kappa shape index (κ3) is 4.56. The summed E-state index contributed by atoms with van der Waals surface area (Å²) in [7, 11) is 0. The number of benzene rings is 2. The van der Waals surface area contributed by atoms with Crippen molar-refractivity contribution < 1.29 is 0 Å². The Kier molecular flexibility index (Phi) is 5.66. The molecule has 0 radical (unpaired) electrons. The zero-order valence-electron chi connectivity index (χ0n) is 12.8. The van der Waals surface area contributed by atoms with Gasteiger partial charge in [0.2, 0.25) is 0 Å². The third-order valence-corrected chi connectivity index (χ3v) is 4.96. The molecule has 23 heavy (non-hydrogen) atoms. The smallest absolute Gasteiger partial charge is 0.195 e. The lowest BCUT2D eigenvalue weighted by Gasteiger charge is -2.07. The summed E-state index contributed by atoms with van der Waals surface area (Å²) >= 11 is 7.23. The molecular weight excluding hydrogens is 322 g/mol. The Morgan fingerprint density at radius 3 is 2.26 bits per heavy atom. The second-order valence-corrected chi connectivity index (χ2v) is 6.68. The molecule has 3 aromatic rings. The molecule has 1 heterocycles.